The smallest absolute Gasteiger partial charge is 0.0842 e. The first kappa shape index (κ1) is 14.2. The highest BCUT2D eigenvalue weighted by molar-refractivity contribution is 5.31. The highest BCUT2D eigenvalue weighted by Crippen LogP contribution is 2.30. The fraction of sp³-hybridized carbons (Fsp3) is 0.389. The summed E-state index contributed by atoms with van der Waals surface area (Å²) in [5.41, 5.74) is 4.06. The molecule has 0 radical (unpaired) electrons. The number of benzene rings is 1. The lowest BCUT2D eigenvalue weighted by molar-refractivity contribution is 0.0300. The van der Waals surface area contributed by atoms with Crippen molar-refractivity contribution in [3.8, 4) is 0 Å². The van der Waals surface area contributed by atoms with Crippen molar-refractivity contribution >= 4 is 0 Å². The summed E-state index contributed by atoms with van der Waals surface area (Å²) in [6.45, 7) is 0.824. The van der Waals surface area contributed by atoms with Gasteiger partial charge in [-0.1, -0.05) is 30.3 Å². The van der Waals surface area contributed by atoms with Gasteiger partial charge in [0.2, 0.25) is 0 Å². The Hall–Kier alpha value is -1.71. The minimum Gasteiger partial charge on any atom is -0.373 e. The second kappa shape index (κ2) is 6.83. The molecule has 1 aromatic heterocycles. The number of aromatic nitrogens is 1. The Morgan fingerprint density at radius 3 is 3.00 bits per heavy atom. The van der Waals surface area contributed by atoms with Crippen LogP contribution in [-0.2, 0) is 17.6 Å². The van der Waals surface area contributed by atoms with Crippen molar-refractivity contribution in [1.29, 1.82) is 0 Å². The van der Waals surface area contributed by atoms with Crippen molar-refractivity contribution in [2.45, 2.75) is 31.4 Å². The van der Waals surface area contributed by atoms with Gasteiger partial charge in [-0.25, -0.2) is 0 Å². The Bertz CT molecular complexity index is 570. The van der Waals surface area contributed by atoms with Gasteiger partial charge >= 0.3 is 0 Å². The highest BCUT2D eigenvalue weighted by Gasteiger charge is 2.23. The van der Waals surface area contributed by atoms with Gasteiger partial charge in [0.1, 0.15) is 0 Å². The van der Waals surface area contributed by atoms with Crippen LogP contribution in [0, 0.1) is 0 Å². The number of ether oxygens (including phenoxy) is 1. The molecular formula is C18H22N2O. The summed E-state index contributed by atoms with van der Waals surface area (Å²) in [6.07, 6.45) is 6.95. The molecule has 1 aliphatic rings. The summed E-state index contributed by atoms with van der Waals surface area (Å²) in [4.78, 5) is 4.20. The quantitative estimate of drug-likeness (QED) is 0.915. The van der Waals surface area contributed by atoms with E-state index in [-0.39, 0.29) is 6.10 Å². The molecule has 110 valence electrons. The van der Waals surface area contributed by atoms with Crippen molar-refractivity contribution in [3.63, 3.8) is 0 Å². The molecule has 0 aliphatic carbocycles. The lowest BCUT2D eigenvalue weighted by atomic mass is 9.92. The zero-order valence-corrected chi connectivity index (χ0v) is 12.5. The van der Waals surface area contributed by atoms with E-state index in [1.807, 2.05) is 25.5 Å². The van der Waals surface area contributed by atoms with E-state index in [1.165, 1.54) is 16.7 Å². The van der Waals surface area contributed by atoms with E-state index in [9.17, 15) is 0 Å². The fourth-order valence-electron chi connectivity index (χ4n) is 3.04. The van der Waals surface area contributed by atoms with Crippen molar-refractivity contribution in [2.75, 3.05) is 13.7 Å². The number of hydrogen-bond donors (Lipinski definition) is 1. The Kier molecular flexibility index (Phi) is 4.63. The van der Waals surface area contributed by atoms with E-state index in [0.29, 0.717) is 6.04 Å². The molecule has 0 bridgehead atoms. The number of rotatable bonds is 5. The third-order valence-electron chi connectivity index (χ3n) is 4.20. The molecule has 1 N–H and O–H groups in total. The average Bonchev–Trinajstić information content (AvgIpc) is 2.55. The topological polar surface area (TPSA) is 34.2 Å². The van der Waals surface area contributed by atoms with Crippen molar-refractivity contribution in [1.82, 2.24) is 10.3 Å². The third-order valence-corrected chi connectivity index (χ3v) is 4.20. The van der Waals surface area contributed by atoms with Crippen LogP contribution in [0.15, 0.2) is 48.8 Å². The molecular weight excluding hydrogens is 260 g/mol. The normalized spacial score (nSPS) is 19.0. The number of nitrogens with zero attached hydrogens (tertiary/aromatic N) is 1. The summed E-state index contributed by atoms with van der Waals surface area (Å²) in [5.74, 6) is 0. The van der Waals surface area contributed by atoms with Gasteiger partial charge in [-0.3, -0.25) is 4.98 Å². The molecule has 3 heteroatoms. The van der Waals surface area contributed by atoms with Gasteiger partial charge in [0, 0.05) is 18.4 Å². The molecule has 0 fully saturated rings. The van der Waals surface area contributed by atoms with Crippen LogP contribution < -0.4 is 5.32 Å². The van der Waals surface area contributed by atoms with E-state index in [4.69, 9.17) is 4.74 Å². The van der Waals surface area contributed by atoms with E-state index in [1.54, 1.807) is 0 Å². The third kappa shape index (κ3) is 3.49. The fourth-order valence-corrected chi connectivity index (χ4v) is 3.04. The van der Waals surface area contributed by atoms with Crippen LogP contribution in [0.2, 0.25) is 0 Å². The molecule has 1 aromatic carbocycles. The lowest BCUT2D eigenvalue weighted by Crippen LogP contribution is -2.31. The van der Waals surface area contributed by atoms with E-state index in [0.717, 1.165) is 25.9 Å². The summed E-state index contributed by atoms with van der Waals surface area (Å²) in [7, 11) is 2.02. The SMILES string of the molecule is CNC(Cc1cccnc1)CC1OCCc2ccccc21. The number of nitrogens with one attached hydrogen (secondary N) is 1. The first-order valence-corrected chi connectivity index (χ1v) is 7.62. The number of likely N-dealkylation sites (N-methyl/N-ethyl adjacent to an activating group) is 1. The number of hydrogen-bond acceptors (Lipinski definition) is 3. The largest absolute Gasteiger partial charge is 0.373 e. The highest BCUT2D eigenvalue weighted by atomic mass is 16.5. The summed E-state index contributed by atoms with van der Waals surface area (Å²) in [5, 5.41) is 3.42. The van der Waals surface area contributed by atoms with Crippen molar-refractivity contribution in [3.05, 3.63) is 65.5 Å². The molecule has 3 rings (SSSR count). The van der Waals surface area contributed by atoms with Crippen molar-refractivity contribution < 1.29 is 4.74 Å². The molecule has 1 aliphatic heterocycles. The Morgan fingerprint density at radius 1 is 1.29 bits per heavy atom. The van der Waals surface area contributed by atoms with Gasteiger partial charge in [0.05, 0.1) is 12.7 Å². The minimum atomic E-state index is 0.198. The van der Waals surface area contributed by atoms with Crippen LogP contribution >= 0.6 is 0 Å². The molecule has 3 nitrogen and oxygen atoms in total. The van der Waals surface area contributed by atoms with Gasteiger partial charge in [-0.15, -0.1) is 0 Å². The zero-order chi connectivity index (χ0) is 14.5. The van der Waals surface area contributed by atoms with Gasteiger partial charge in [0.25, 0.3) is 0 Å². The van der Waals surface area contributed by atoms with Crippen LogP contribution in [0.4, 0.5) is 0 Å². The molecule has 0 spiro atoms. The second-order valence-electron chi connectivity index (χ2n) is 5.59. The number of fused-ring (bicyclic) bond motifs is 1. The van der Waals surface area contributed by atoms with Crippen LogP contribution in [0.3, 0.4) is 0 Å². The molecule has 2 aromatic rings. The predicted molar refractivity (Wildman–Crippen MR) is 84.2 cm³/mol. The van der Waals surface area contributed by atoms with Crippen molar-refractivity contribution in [2.24, 2.45) is 0 Å². The maximum Gasteiger partial charge on any atom is 0.0842 e. The van der Waals surface area contributed by atoms with E-state index < -0.39 is 0 Å². The second-order valence-corrected chi connectivity index (χ2v) is 5.59. The summed E-state index contributed by atoms with van der Waals surface area (Å²) in [6, 6.07) is 13.2. The molecule has 0 amide bonds. The van der Waals surface area contributed by atoms with E-state index >= 15 is 0 Å². The maximum absolute atomic E-state index is 6.02. The Balaban J connectivity index is 1.70. The molecule has 2 unspecified atom stereocenters. The standard InChI is InChI=1S/C18H22N2O/c1-19-16(11-14-5-4-9-20-13-14)12-18-17-7-3-2-6-15(17)8-10-21-18/h2-7,9,13,16,18-19H,8,10-12H2,1H3. The summed E-state index contributed by atoms with van der Waals surface area (Å²) < 4.78 is 6.02. The monoisotopic (exact) mass is 282 g/mol. The molecule has 21 heavy (non-hydrogen) atoms. The first-order valence-electron chi connectivity index (χ1n) is 7.62. The van der Waals surface area contributed by atoms with Gasteiger partial charge in [0.15, 0.2) is 0 Å². The molecule has 2 atom stereocenters. The molecule has 2 heterocycles. The Morgan fingerprint density at radius 2 is 2.19 bits per heavy atom. The van der Waals surface area contributed by atoms with Crippen LogP contribution in [0.1, 0.15) is 29.2 Å². The van der Waals surface area contributed by atoms with Crippen LogP contribution in [0.25, 0.3) is 0 Å². The zero-order valence-electron chi connectivity index (χ0n) is 12.5. The molecule has 0 saturated heterocycles. The van der Waals surface area contributed by atoms with E-state index in [2.05, 4.69) is 40.6 Å². The van der Waals surface area contributed by atoms with Gasteiger partial charge < -0.3 is 10.1 Å². The average molecular weight is 282 g/mol. The minimum absolute atomic E-state index is 0.198. The lowest BCUT2D eigenvalue weighted by Gasteiger charge is -2.29. The maximum atomic E-state index is 6.02. The van der Waals surface area contributed by atoms with Gasteiger partial charge in [-0.05, 0) is 49.1 Å². The summed E-state index contributed by atoms with van der Waals surface area (Å²) >= 11 is 0. The van der Waals surface area contributed by atoms with Gasteiger partial charge in [-0.2, -0.15) is 0 Å². The van der Waals surface area contributed by atoms with Crippen LogP contribution in [-0.4, -0.2) is 24.7 Å². The molecule has 0 saturated carbocycles. The Labute approximate surface area is 126 Å². The number of pyridine rings is 1. The van der Waals surface area contributed by atoms with Crippen LogP contribution in [0.5, 0.6) is 0 Å². The predicted octanol–water partition coefficient (Wildman–Crippen LogP) is 2.92. The first-order chi connectivity index (χ1) is 10.4.